The molecule has 1 aliphatic rings. The van der Waals surface area contributed by atoms with Crippen LogP contribution in [0.2, 0.25) is 0 Å². The van der Waals surface area contributed by atoms with E-state index >= 15 is 0 Å². The summed E-state index contributed by atoms with van der Waals surface area (Å²) in [6, 6.07) is 20.6. The van der Waals surface area contributed by atoms with E-state index in [9.17, 15) is 5.26 Å². The van der Waals surface area contributed by atoms with E-state index in [1.165, 1.54) is 5.56 Å². The van der Waals surface area contributed by atoms with E-state index in [1.807, 2.05) is 24.3 Å². The molecule has 0 N–H and O–H groups in total. The Balaban J connectivity index is 1.46. The molecule has 1 saturated heterocycles. The van der Waals surface area contributed by atoms with Crippen molar-refractivity contribution in [2.75, 3.05) is 32.7 Å². The Kier molecular flexibility index (Phi) is 5.79. The molecule has 3 rings (SSSR count). The average Bonchev–Trinajstić information content (AvgIpc) is 2.64. The van der Waals surface area contributed by atoms with Gasteiger partial charge >= 0.3 is 0 Å². The van der Waals surface area contributed by atoms with Gasteiger partial charge in [0, 0.05) is 39.3 Å². The monoisotopic (exact) mass is 317 g/mol. The molecule has 24 heavy (non-hydrogen) atoms. The van der Waals surface area contributed by atoms with Gasteiger partial charge in [-0.2, -0.15) is 5.26 Å². The molecule has 0 atom stereocenters. The molecule has 2 aromatic rings. The van der Waals surface area contributed by atoms with Crippen LogP contribution < -0.4 is 0 Å². The lowest BCUT2D eigenvalue weighted by Crippen LogP contribution is -2.45. The summed E-state index contributed by atoms with van der Waals surface area (Å²) in [7, 11) is 0. The van der Waals surface area contributed by atoms with Crippen molar-refractivity contribution in [1.82, 2.24) is 9.80 Å². The van der Waals surface area contributed by atoms with E-state index in [4.69, 9.17) is 0 Å². The number of piperazine rings is 1. The molecule has 2 aromatic carbocycles. The summed E-state index contributed by atoms with van der Waals surface area (Å²) in [4.78, 5) is 4.92. The van der Waals surface area contributed by atoms with Crippen molar-refractivity contribution < 1.29 is 0 Å². The lowest BCUT2D eigenvalue weighted by molar-refractivity contribution is 0.137. The van der Waals surface area contributed by atoms with Crippen molar-refractivity contribution in [1.29, 1.82) is 5.26 Å². The zero-order valence-electron chi connectivity index (χ0n) is 13.9. The molecular weight excluding hydrogens is 294 g/mol. The van der Waals surface area contributed by atoms with Gasteiger partial charge in [0.2, 0.25) is 0 Å². The number of hydrogen-bond donors (Lipinski definition) is 0. The summed E-state index contributed by atoms with van der Waals surface area (Å²) in [5, 5.41) is 9.20. The Hall–Kier alpha value is -2.41. The van der Waals surface area contributed by atoms with Crippen LogP contribution in [0.4, 0.5) is 0 Å². The van der Waals surface area contributed by atoms with Gasteiger partial charge in [-0.25, -0.2) is 0 Å². The van der Waals surface area contributed by atoms with Crippen LogP contribution in [-0.4, -0.2) is 42.5 Å². The number of hydrogen-bond acceptors (Lipinski definition) is 3. The van der Waals surface area contributed by atoms with Gasteiger partial charge in [-0.15, -0.1) is 0 Å². The summed E-state index contributed by atoms with van der Waals surface area (Å²) in [6.07, 6.45) is 4.44. The van der Waals surface area contributed by atoms with Crippen LogP contribution in [0.1, 0.15) is 16.7 Å². The Bertz CT molecular complexity index is 707. The van der Waals surface area contributed by atoms with Crippen LogP contribution >= 0.6 is 0 Å². The molecule has 0 amide bonds. The Morgan fingerprint density at radius 2 is 1.54 bits per heavy atom. The van der Waals surface area contributed by atoms with Crippen LogP contribution in [0.5, 0.6) is 0 Å². The van der Waals surface area contributed by atoms with Crippen molar-refractivity contribution in [3.8, 4) is 6.07 Å². The number of nitrogens with zero attached hydrogens (tertiary/aromatic N) is 3. The minimum atomic E-state index is 0.797. The molecule has 0 aliphatic carbocycles. The van der Waals surface area contributed by atoms with Crippen molar-refractivity contribution in [3.05, 3.63) is 77.4 Å². The highest BCUT2D eigenvalue weighted by molar-refractivity contribution is 5.48. The fourth-order valence-electron chi connectivity index (χ4n) is 3.04. The van der Waals surface area contributed by atoms with E-state index < -0.39 is 0 Å². The predicted molar refractivity (Wildman–Crippen MR) is 98.4 cm³/mol. The van der Waals surface area contributed by atoms with Gasteiger partial charge < -0.3 is 0 Å². The summed E-state index contributed by atoms with van der Waals surface area (Å²) in [5.74, 6) is 0. The van der Waals surface area contributed by atoms with Crippen molar-refractivity contribution in [3.63, 3.8) is 0 Å². The number of benzene rings is 2. The average molecular weight is 317 g/mol. The van der Waals surface area contributed by atoms with Crippen LogP contribution in [0.3, 0.4) is 0 Å². The molecule has 0 radical (unpaired) electrons. The lowest BCUT2D eigenvalue weighted by atomic mass is 10.1. The minimum Gasteiger partial charge on any atom is -0.297 e. The van der Waals surface area contributed by atoms with Gasteiger partial charge in [0.1, 0.15) is 0 Å². The van der Waals surface area contributed by atoms with Gasteiger partial charge in [0.25, 0.3) is 0 Å². The van der Waals surface area contributed by atoms with Gasteiger partial charge in [-0.05, 0) is 17.2 Å². The topological polar surface area (TPSA) is 30.3 Å². The molecule has 0 saturated carbocycles. The van der Waals surface area contributed by atoms with E-state index in [-0.39, 0.29) is 0 Å². The molecule has 3 heteroatoms. The molecule has 122 valence electrons. The van der Waals surface area contributed by atoms with Crippen LogP contribution in [0, 0.1) is 11.3 Å². The summed E-state index contributed by atoms with van der Waals surface area (Å²) in [5.41, 5.74) is 3.19. The third kappa shape index (κ3) is 4.55. The standard InChI is InChI=1S/C21H23N3/c22-17-20-10-4-5-11-21(20)18-24-15-13-23(14-16-24)12-6-9-19-7-2-1-3-8-19/h1-11H,12-16,18H2/b9-6+. The minimum absolute atomic E-state index is 0.797. The molecule has 1 fully saturated rings. The van der Waals surface area contributed by atoms with E-state index in [0.29, 0.717) is 0 Å². The third-order valence-electron chi connectivity index (χ3n) is 4.47. The fraction of sp³-hybridized carbons (Fsp3) is 0.286. The van der Waals surface area contributed by atoms with Gasteiger partial charge in [0.05, 0.1) is 11.6 Å². The predicted octanol–water partition coefficient (Wildman–Crippen LogP) is 3.39. The Morgan fingerprint density at radius 1 is 0.875 bits per heavy atom. The summed E-state index contributed by atoms with van der Waals surface area (Å²) >= 11 is 0. The lowest BCUT2D eigenvalue weighted by Gasteiger charge is -2.34. The molecule has 3 nitrogen and oxygen atoms in total. The first-order valence-corrected chi connectivity index (χ1v) is 8.49. The smallest absolute Gasteiger partial charge is 0.0995 e. The molecule has 0 spiro atoms. The molecule has 1 heterocycles. The SMILES string of the molecule is N#Cc1ccccc1CN1CCN(C/C=C/c2ccccc2)CC1. The Labute approximate surface area is 144 Å². The normalized spacial score (nSPS) is 16.3. The van der Waals surface area contributed by atoms with Crippen LogP contribution in [0.25, 0.3) is 6.08 Å². The van der Waals surface area contributed by atoms with Crippen molar-refractivity contribution >= 4 is 6.08 Å². The second kappa shape index (κ2) is 8.44. The maximum atomic E-state index is 9.20. The summed E-state index contributed by atoms with van der Waals surface area (Å²) < 4.78 is 0. The largest absolute Gasteiger partial charge is 0.297 e. The highest BCUT2D eigenvalue weighted by Gasteiger charge is 2.16. The zero-order chi connectivity index (χ0) is 16.6. The second-order valence-electron chi connectivity index (χ2n) is 6.16. The van der Waals surface area contributed by atoms with Gasteiger partial charge in [-0.3, -0.25) is 9.80 Å². The molecular formula is C21H23N3. The zero-order valence-corrected chi connectivity index (χ0v) is 13.9. The highest BCUT2D eigenvalue weighted by atomic mass is 15.3. The number of rotatable bonds is 5. The maximum Gasteiger partial charge on any atom is 0.0995 e. The molecule has 0 aromatic heterocycles. The van der Waals surface area contributed by atoms with E-state index in [2.05, 4.69) is 58.4 Å². The second-order valence-corrected chi connectivity index (χ2v) is 6.16. The van der Waals surface area contributed by atoms with Crippen molar-refractivity contribution in [2.45, 2.75) is 6.54 Å². The first kappa shape index (κ1) is 16.4. The molecule has 0 unspecified atom stereocenters. The van der Waals surface area contributed by atoms with Gasteiger partial charge in [-0.1, -0.05) is 60.7 Å². The third-order valence-corrected chi connectivity index (χ3v) is 4.47. The Morgan fingerprint density at radius 3 is 2.29 bits per heavy atom. The van der Waals surface area contributed by atoms with Crippen molar-refractivity contribution in [2.24, 2.45) is 0 Å². The first-order valence-electron chi connectivity index (χ1n) is 8.49. The number of nitriles is 1. The quantitative estimate of drug-likeness (QED) is 0.847. The van der Waals surface area contributed by atoms with Crippen LogP contribution in [0.15, 0.2) is 60.7 Å². The van der Waals surface area contributed by atoms with Crippen LogP contribution in [-0.2, 0) is 6.54 Å². The first-order chi connectivity index (χ1) is 11.8. The highest BCUT2D eigenvalue weighted by Crippen LogP contribution is 2.13. The maximum absolute atomic E-state index is 9.20. The molecule has 1 aliphatic heterocycles. The fourth-order valence-corrected chi connectivity index (χ4v) is 3.04. The van der Waals surface area contributed by atoms with E-state index in [1.54, 1.807) is 0 Å². The van der Waals surface area contributed by atoms with Gasteiger partial charge in [0.15, 0.2) is 0 Å². The molecule has 0 bridgehead atoms. The summed E-state index contributed by atoms with van der Waals surface area (Å²) in [6.45, 7) is 6.13. The van der Waals surface area contributed by atoms with E-state index in [0.717, 1.165) is 50.4 Å².